The minimum absolute atomic E-state index is 0.605. The maximum atomic E-state index is 11.7. The van der Waals surface area contributed by atoms with Crippen molar-refractivity contribution < 1.29 is 9.90 Å². The van der Waals surface area contributed by atoms with E-state index in [4.69, 9.17) is 0 Å². The quantitative estimate of drug-likeness (QED) is 0.315. The van der Waals surface area contributed by atoms with E-state index in [1.807, 2.05) is 37.3 Å². The smallest absolute Gasteiger partial charge is 0.310 e. The Morgan fingerprint density at radius 2 is 1.46 bits per heavy atom. The van der Waals surface area contributed by atoms with Crippen molar-refractivity contribution in [2.45, 2.75) is 84.5 Å². The van der Waals surface area contributed by atoms with Crippen LogP contribution in [0.2, 0.25) is 0 Å². The zero-order chi connectivity index (χ0) is 19.1. The lowest BCUT2D eigenvalue weighted by Gasteiger charge is -2.24. The third kappa shape index (κ3) is 10.3. The standard InChI is InChI=1S/C23H38O2S/c1-3-4-5-6-7-8-9-10-11-15-18-26-20-23(2,22(24)25)19-21-16-13-12-14-17-21/h12-14,16-17H,3-11,15,18-20H2,1-2H3,(H,24,25). The summed E-state index contributed by atoms with van der Waals surface area (Å²) in [4.78, 5) is 11.7. The molecule has 0 bridgehead atoms. The lowest BCUT2D eigenvalue weighted by Crippen LogP contribution is -2.32. The van der Waals surface area contributed by atoms with Gasteiger partial charge in [-0.3, -0.25) is 4.79 Å². The number of unbranched alkanes of at least 4 members (excludes halogenated alkanes) is 9. The fourth-order valence-corrected chi connectivity index (χ4v) is 4.45. The molecule has 0 radical (unpaired) electrons. The summed E-state index contributed by atoms with van der Waals surface area (Å²) in [5.41, 5.74) is 0.432. The Morgan fingerprint density at radius 1 is 0.923 bits per heavy atom. The molecule has 0 amide bonds. The van der Waals surface area contributed by atoms with E-state index >= 15 is 0 Å². The highest BCUT2D eigenvalue weighted by Crippen LogP contribution is 2.28. The van der Waals surface area contributed by atoms with Gasteiger partial charge in [-0.2, -0.15) is 11.8 Å². The number of rotatable bonds is 16. The van der Waals surface area contributed by atoms with Crippen LogP contribution in [0, 0.1) is 5.41 Å². The molecule has 0 aliphatic carbocycles. The van der Waals surface area contributed by atoms with Crippen LogP contribution in [0.4, 0.5) is 0 Å². The predicted octanol–water partition coefficient (Wildman–Crippen LogP) is 6.97. The molecule has 0 saturated heterocycles. The molecule has 3 heteroatoms. The summed E-state index contributed by atoms with van der Waals surface area (Å²) in [6, 6.07) is 9.98. The number of carbonyl (C=O) groups is 1. The molecule has 0 heterocycles. The van der Waals surface area contributed by atoms with Crippen molar-refractivity contribution in [2.75, 3.05) is 11.5 Å². The van der Waals surface area contributed by atoms with E-state index in [2.05, 4.69) is 6.92 Å². The third-order valence-corrected chi connectivity index (χ3v) is 6.43. The van der Waals surface area contributed by atoms with Crippen LogP contribution in [0.1, 0.15) is 83.6 Å². The SMILES string of the molecule is CCCCCCCCCCCCSCC(C)(Cc1ccccc1)C(=O)O. The van der Waals surface area contributed by atoms with Crippen molar-refractivity contribution >= 4 is 17.7 Å². The summed E-state index contributed by atoms with van der Waals surface area (Å²) < 4.78 is 0. The van der Waals surface area contributed by atoms with Gasteiger partial charge in [0.2, 0.25) is 0 Å². The Morgan fingerprint density at radius 3 is 2.00 bits per heavy atom. The van der Waals surface area contributed by atoms with Crippen LogP contribution < -0.4 is 0 Å². The van der Waals surface area contributed by atoms with Gasteiger partial charge in [0.15, 0.2) is 0 Å². The summed E-state index contributed by atoms with van der Waals surface area (Å²) in [6.07, 6.45) is 14.1. The van der Waals surface area contributed by atoms with Crippen molar-refractivity contribution in [3.63, 3.8) is 0 Å². The Kier molecular flexibility index (Phi) is 12.6. The van der Waals surface area contributed by atoms with Crippen LogP contribution >= 0.6 is 11.8 Å². The Balaban J connectivity index is 2.10. The van der Waals surface area contributed by atoms with E-state index < -0.39 is 11.4 Å². The minimum Gasteiger partial charge on any atom is -0.481 e. The molecular formula is C23H38O2S. The van der Waals surface area contributed by atoms with E-state index in [1.165, 1.54) is 64.2 Å². The van der Waals surface area contributed by atoms with Gasteiger partial charge in [0.25, 0.3) is 0 Å². The summed E-state index contributed by atoms with van der Waals surface area (Å²) in [5.74, 6) is 1.08. The number of aliphatic carboxylic acids is 1. The van der Waals surface area contributed by atoms with Gasteiger partial charge < -0.3 is 5.11 Å². The van der Waals surface area contributed by atoms with Gasteiger partial charge >= 0.3 is 5.97 Å². The second-order valence-corrected chi connectivity index (χ2v) is 8.87. The number of benzene rings is 1. The summed E-state index contributed by atoms with van der Waals surface area (Å²) in [7, 11) is 0. The molecule has 1 aromatic rings. The van der Waals surface area contributed by atoms with Crippen molar-refractivity contribution in [2.24, 2.45) is 5.41 Å². The molecule has 2 nitrogen and oxygen atoms in total. The van der Waals surface area contributed by atoms with E-state index in [9.17, 15) is 9.90 Å². The Labute approximate surface area is 165 Å². The van der Waals surface area contributed by atoms with Crippen LogP contribution in [0.25, 0.3) is 0 Å². The van der Waals surface area contributed by atoms with Crippen LogP contribution in [0.3, 0.4) is 0 Å². The Hall–Kier alpha value is -0.960. The fourth-order valence-electron chi connectivity index (χ4n) is 3.22. The van der Waals surface area contributed by atoms with Crippen LogP contribution in [-0.2, 0) is 11.2 Å². The first-order chi connectivity index (χ1) is 12.6. The lowest BCUT2D eigenvalue weighted by atomic mass is 9.86. The molecule has 1 aromatic carbocycles. The van der Waals surface area contributed by atoms with Crippen LogP contribution in [0.15, 0.2) is 30.3 Å². The molecule has 0 aliphatic rings. The molecule has 1 N–H and O–H groups in total. The molecular weight excluding hydrogens is 340 g/mol. The topological polar surface area (TPSA) is 37.3 Å². The monoisotopic (exact) mass is 378 g/mol. The fraction of sp³-hybridized carbons (Fsp3) is 0.696. The maximum absolute atomic E-state index is 11.7. The molecule has 148 valence electrons. The summed E-state index contributed by atoms with van der Waals surface area (Å²) in [5, 5.41) is 9.66. The van der Waals surface area contributed by atoms with Gasteiger partial charge in [-0.25, -0.2) is 0 Å². The first kappa shape index (κ1) is 23.1. The van der Waals surface area contributed by atoms with Gasteiger partial charge in [-0.05, 0) is 31.1 Å². The van der Waals surface area contributed by atoms with Crippen molar-refractivity contribution in [1.29, 1.82) is 0 Å². The highest BCUT2D eigenvalue weighted by molar-refractivity contribution is 7.99. The maximum Gasteiger partial charge on any atom is 0.310 e. The average molecular weight is 379 g/mol. The number of carboxylic acids is 1. The highest BCUT2D eigenvalue weighted by atomic mass is 32.2. The number of carboxylic acid groups (broad SMARTS) is 1. The van der Waals surface area contributed by atoms with Gasteiger partial charge in [0, 0.05) is 5.75 Å². The van der Waals surface area contributed by atoms with Gasteiger partial charge in [-0.1, -0.05) is 95.0 Å². The molecule has 0 spiro atoms. The molecule has 0 aromatic heterocycles. The number of hydrogen-bond donors (Lipinski definition) is 1. The molecule has 26 heavy (non-hydrogen) atoms. The van der Waals surface area contributed by atoms with Gasteiger partial charge in [-0.15, -0.1) is 0 Å². The van der Waals surface area contributed by atoms with Crippen LogP contribution in [0.5, 0.6) is 0 Å². The first-order valence-electron chi connectivity index (χ1n) is 10.4. The molecule has 1 atom stereocenters. The van der Waals surface area contributed by atoms with Gasteiger partial charge in [0.05, 0.1) is 5.41 Å². The highest BCUT2D eigenvalue weighted by Gasteiger charge is 2.33. The van der Waals surface area contributed by atoms with Gasteiger partial charge in [0.1, 0.15) is 0 Å². The Bertz CT molecular complexity index is 474. The molecule has 1 rings (SSSR count). The first-order valence-corrected chi connectivity index (χ1v) is 11.6. The number of hydrogen-bond acceptors (Lipinski definition) is 2. The molecule has 0 aliphatic heterocycles. The van der Waals surface area contributed by atoms with E-state index in [-0.39, 0.29) is 0 Å². The normalized spacial score (nSPS) is 13.5. The lowest BCUT2D eigenvalue weighted by molar-refractivity contribution is -0.146. The van der Waals surface area contributed by atoms with Crippen molar-refractivity contribution in [3.05, 3.63) is 35.9 Å². The zero-order valence-corrected chi connectivity index (χ0v) is 17.7. The number of thioether (sulfide) groups is 1. The summed E-state index contributed by atoms with van der Waals surface area (Å²) >= 11 is 1.80. The van der Waals surface area contributed by atoms with E-state index in [0.717, 1.165) is 11.3 Å². The third-order valence-electron chi connectivity index (χ3n) is 5.02. The average Bonchev–Trinajstić information content (AvgIpc) is 2.63. The molecule has 0 saturated carbocycles. The van der Waals surface area contributed by atoms with E-state index in [1.54, 1.807) is 11.8 Å². The molecule has 0 fully saturated rings. The summed E-state index contributed by atoms with van der Waals surface area (Å²) in [6.45, 7) is 4.15. The second kappa shape index (κ2) is 14.1. The second-order valence-electron chi connectivity index (χ2n) is 7.76. The minimum atomic E-state index is -0.683. The van der Waals surface area contributed by atoms with Crippen molar-refractivity contribution in [3.8, 4) is 0 Å². The predicted molar refractivity (Wildman–Crippen MR) is 115 cm³/mol. The van der Waals surface area contributed by atoms with Crippen molar-refractivity contribution in [1.82, 2.24) is 0 Å². The largest absolute Gasteiger partial charge is 0.481 e. The zero-order valence-electron chi connectivity index (χ0n) is 16.8. The van der Waals surface area contributed by atoms with Crippen LogP contribution in [-0.4, -0.2) is 22.6 Å². The molecule has 1 unspecified atom stereocenters. The van der Waals surface area contributed by atoms with E-state index in [0.29, 0.717) is 12.2 Å².